The molecule has 0 bridgehead atoms. The van der Waals surface area contributed by atoms with E-state index in [0.717, 1.165) is 24.3 Å². The fraction of sp³-hybridized carbons (Fsp3) is 0.238. The monoisotopic (exact) mass is 518 g/mol. The Kier molecular flexibility index (Phi) is 6.13. The predicted molar refractivity (Wildman–Crippen MR) is 113 cm³/mol. The number of aliphatic hydroxyl groups excluding tert-OH is 1. The molecule has 1 saturated heterocycles. The molecular weight excluding hydrogens is 502 g/mol. The summed E-state index contributed by atoms with van der Waals surface area (Å²) in [5.41, 5.74) is -4.74. The molecule has 1 aliphatic heterocycles. The lowest BCUT2D eigenvalue weighted by Crippen LogP contribution is -2.51. The van der Waals surface area contributed by atoms with Gasteiger partial charge in [-0.3, -0.25) is 4.72 Å². The molecule has 1 aliphatic rings. The van der Waals surface area contributed by atoms with Crippen molar-refractivity contribution in [3.8, 4) is 11.3 Å². The van der Waals surface area contributed by atoms with Crippen LogP contribution in [0.25, 0.3) is 11.3 Å². The average Bonchev–Trinajstić information content (AvgIpc) is 2.75. The van der Waals surface area contributed by atoms with Crippen molar-refractivity contribution in [3.63, 3.8) is 0 Å². The summed E-state index contributed by atoms with van der Waals surface area (Å²) < 4.78 is 109. The fourth-order valence-electron chi connectivity index (χ4n) is 3.47. The van der Waals surface area contributed by atoms with Gasteiger partial charge in [0.2, 0.25) is 0 Å². The van der Waals surface area contributed by atoms with E-state index >= 15 is 0 Å². The molecule has 7 nitrogen and oxygen atoms in total. The molecule has 186 valence electrons. The Balaban J connectivity index is 1.75. The van der Waals surface area contributed by atoms with E-state index < -0.39 is 56.7 Å². The largest absolute Gasteiger partial charge is 0.418 e. The lowest BCUT2D eigenvalue weighted by molar-refractivity contribution is -0.139. The molecule has 2 N–H and O–H groups in total. The van der Waals surface area contributed by atoms with Crippen molar-refractivity contribution in [1.82, 2.24) is 9.97 Å². The number of nitrogens with zero attached hydrogens (tertiary/aromatic N) is 3. The van der Waals surface area contributed by atoms with E-state index in [1.54, 1.807) is 4.90 Å². The summed E-state index contributed by atoms with van der Waals surface area (Å²) in [5, 5.41) is 9.41. The first-order chi connectivity index (χ1) is 16.3. The van der Waals surface area contributed by atoms with Crippen LogP contribution in [-0.4, -0.2) is 42.7 Å². The number of halogens is 6. The first kappa shape index (κ1) is 24.7. The topological polar surface area (TPSA) is 95.4 Å². The van der Waals surface area contributed by atoms with Crippen molar-refractivity contribution in [3.05, 3.63) is 65.9 Å². The Labute approximate surface area is 195 Å². The molecule has 1 fully saturated rings. The quantitative estimate of drug-likeness (QED) is 0.493. The van der Waals surface area contributed by atoms with Crippen LogP contribution in [0.15, 0.2) is 59.6 Å². The van der Waals surface area contributed by atoms with E-state index in [2.05, 4.69) is 9.97 Å². The number of sulfonamides is 1. The van der Waals surface area contributed by atoms with E-state index in [1.807, 2.05) is 4.72 Å². The van der Waals surface area contributed by atoms with Gasteiger partial charge in [0.1, 0.15) is 11.6 Å². The van der Waals surface area contributed by atoms with Gasteiger partial charge in [-0.2, -0.15) is 26.3 Å². The predicted octanol–water partition coefficient (Wildman–Crippen LogP) is 4.16. The minimum atomic E-state index is -5.06. The standard InChI is InChI=1S/C21H16F6N4O3S/c22-20(23,24)15-4-2-1-3-14(15)19-16(21(25,26)27)5-6-17(29-19)30-35(33,34)13-7-8-28-18(9-13)31-10-12(32)11-31/h1-9,12,32H,10-11H2,(H,29,30). The second kappa shape index (κ2) is 8.68. The zero-order valence-electron chi connectivity index (χ0n) is 17.5. The van der Waals surface area contributed by atoms with Crippen LogP contribution in [0.5, 0.6) is 0 Å². The van der Waals surface area contributed by atoms with Crippen LogP contribution in [0.3, 0.4) is 0 Å². The van der Waals surface area contributed by atoms with Gasteiger partial charge < -0.3 is 10.0 Å². The third kappa shape index (κ3) is 5.17. The number of hydrogen-bond donors (Lipinski definition) is 2. The molecule has 1 aromatic carbocycles. The highest BCUT2D eigenvalue weighted by atomic mass is 32.2. The number of anilines is 2. The van der Waals surface area contributed by atoms with E-state index in [-0.39, 0.29) is 23.8 Å². The van der Waals surface area contributed by atoms with E-state index in [4.69, 9.17) is 0 Å². The maximum atomic E-state index is 13.6. The molecule has 0 radical (unpaired) electrons. The third-order valence-corrected chi connectivity index (χ3v) is 6.49. The van der Waals surface area contributed by atoms with E-state index in [1.165, 1.54) is 12.3 Å². The highest BCUT2D eigenvalue weighted by Gasteiger charge is 2.39. The number of benzene rings is 1. The summed E-state index contributed by atoms with van der Waals surface area (Å²) in [6.07, 6.45) is -9.42. The van der Waals surface area contributed by atoms with Crippen molar-refractivity contribution >= 4 is 21.7 Å². The SMILES string of the molecule is O=S(=O)(Nc1ccc(C(F)(F)F)c(-c2ccccc2C(F)(F)F)n1)c1ccnc(N2CC(O)C2)c1. The normalized spacial score (nSPS) is 15.1. The highest BCUT2D eigenvalue weighted by Crippen LogP contribution is 2.42. The minimum absolute atomic E-state index is 0.242. The van der Waals surface area contributed by atoms with Crippen LogP contribution < -0.4 is 9.62 Å². The summed E-state index contributed by atoms with van der Waals surface area (Å²) in [5.74, 6) is -0.360. The zero-order valence-corrected chi connectivity index (χ0v) is 18.3. The molecule has 0 saturated carbocycles. The van der Waals surface area contributed by atoms with Gasteiger partial charge in [-0.1, -0.05) is 18.2 Å². The summed E-state index contributed by atoms with van der Waals surface area (Å²) in [7, 11) is -4.40. The van der Waals surface area contributed by atoms with Gasteiger partial charge in [0.05, 0.1) is 27.8 Å². The van der Waals surface area contributed by atoms with E-state index in [9.17, 15) is 39.9 Å². The molecule has 0 amide bonds. The highest BCUT2D eigenvalue weighted by molar-refractivity contribution is 7.92. The number of pyridine rings is 2. The van der Waals surface area contributed by atoms with Gasteiger partial charge in [0.25, 0.3) is 10.0 Å². The molecule has 14 heteroatoms. The van der Waals surface area contributed by atoms with Crippen molar-refractivity contribution in [2.45, 2.75) is 23.4 Å². The van der Waals surface area contributed by atoms with Crippen molar-refractivity contribution in [2.75, 3.05) is 22.7 Å². The van der Waals surface area contributed by atoms with Gasteiger partial charge in [0.15, 0.2) is 0 Å². The van der Waals surface area contributed by atoms with Crippen molar-refractivity contribution in [1.29, 1.82) is 0 Å². The number of alkyl halides is 6. The maximum Gasteiger partial charge on any atom is 0.418 e. The molecular formula is C21H16F6N4O3S. The Morgan fingerprint density at radius 3 is 2.23 bits per heavy atom. The molecule has 2 aromatic heterocycles. The van der Waals surface area contributed by atoms with Gasteiger partial charge in [-0.05, 0) is 24.3 Å². The van der Waals surface area contributed by atoms with Crippen LogP contribution in [0.4, 0.5) is 38.0 Å². The van der Waals surface area contributed by atoms with Gasteiger partial charge in [-0.15, -0.1) is 0 Å². The maximum absolute atomic E-state index is 13.6. The summed E-state index contributed by atoms with van der Waals surface area (Å²) in [6, 6.07) is 7.08. The summed E-state index contributed by atoms with van der Waals surface area (Å²) in [4.78, 5) is 8.94. The lowest BCUT2D eigenvalue weighted by Gasteiger charge is -2.36. The molecule has 0 atom stereocenters. The van der Waals surface area contributed by atoms with Gasteiger partial charge >= 0.3 is 12.4 Å². The average molecular weight is 518 g/mol. The molecule has 3 heterocycles. The summed E-state index contributed by atoms with van der Waals surface area (Å²) in [6.45, 7) is 0.485. The first-order valence-corrected chi connectivity index (χ1v) is 11.4. The van der Waals surface area contributed by atoms with Crippen molar-refractivity contribution in [2.24, 2.45) is 0 Å². The molecule has 4 rings (SSSR count). The molecule has 35 heavy (non-hydrogen) atoms. The number of β-amino-alcohol motifs (C(OH)–C–C–N with tert-alkyl or cyclic N) is 1. The Morgan fingerprint density at radius 1 is 0.943 bits per heavy atom. The van der Waals surface area contributed by atoms with Crippen LogP contribution in [0.2, 0.25) is 0 Å². The fourth-order valence-corrected chi connectivity index (χ4v) is 4.47. The second-order valence-corrected chi connectivity index (χ2v) is 9.33. The van der Waals surface area contributed by atoms with Gasteiger partial charge in [-0.25, -0.2) is 18.4 Å². The minimum Gasteiger partial charge on any atom is -0.389 e. The Bertz CT molecular complexity index is 1360. The van der Waals surface area contributed by atoms with Crippen LogP contribution in [0, 0.1) is 0 Å². The number of aliphatic hydroxyl groups is 1. The van der Waals surface area contributed by atoms with Crippen LogP contribution in [-0.2, 0) is 22.4 Å². The number of aromatic nitrogens is 2. The smallest absolute Gasteiger partial charge is 0.389 e. The zero-order chi connectivity index (χ0) is 25.6. The first-order valence-electron chi connectivity index (χ1n) is 9.92. The molecule has 0 aliphatic carbocycles. The lowest BCUT2D eigenvalue weighted by atomic mass is 9.99. The Hall–Kier alpha value is -3.39. The molecule has 3 aromatic rings. The van der Waals surface area contributed by atoms with Crippen molar-refractivity contribution < 1.29 is 39.9 Å². The second-order valence-electron chi connectivity index (χ2n) is 7.65. The van der Waals surface area contributed by atoms with Crippen LogP contribution >= 0.6 is 0 Å². The number of rotatable bonds is 5. The summed E-state index contributed by atoms with van der Waals surface area (Å²) >= 11 is 0. The van der Waals surface area contributed by atoms with Gasteiger partial charge in [0, 0.05) is 30.9 Å². The number of nitrogens with one attached hydrogen (secondary N) is 1. The van der Waals surface area contributed by atoms with Crippen LogP contribution in [0.1, 0.15) is 11.1 Å². The number of hydrogen-bond acceptors (Lipinski definition) is 6. The Morgan fingerprint density at radius 2 is 1.60 bits per heavy atom. The third-order valence-electron chi connectivity index (χ3n) is 5.14. The molecule has 0 spiro atoms. The molecule has 0 unspecified atom stereocenters. The van der Waals surface area contributed by atoms with E-state index in [0.29, 0.717) is 18.2 Å².